The molecule has 1 amide bonds. The fraction of sp³-hybridized carbons (Fsp3) is 0.417. The molecule has 0 saturated heterocycles. The summed E-state index contributed by atoms with van der Waals surface area (Å²) in [6.45, 7) is 0.535. The molecule has 2 nitrogen and oxygen atoms in total. The number of carbonyl (C=O) groups excluding carboxylic acids is 1. The average Bonchev–Trinajstić information content (AvgIpc) is 2.24. The molecule has 0 unspecified atom stereocenters. The van der Waals surface area contributed by atoms with E-state index in [1.54, 1.807) is 19.1 Å². The van der Waals surface area contributed by atoms with Crippen LogP contribution < -0.4 is 0 Å². The molecular formula is C12H12Br2F3NO. The molecule has 106 valence electrons. The Morgan fingerprint density at radius 3 is 2.42 bits per heavy atom. The first kappa shape index (κ1) is 16.5. The minimum atomic E-state index is -4.40. The van der Waals surface area contributed by atoms with E-state index >= 15 is 0 Å². The molecule has 1 rings (SSSR count). The highest BCUT2D eigenvalue weighted by molar-refractivity contribution is 9.10. The van der Waals surface area contributed by atoms with Crippen LogP contribution in [0, 0.1) is 6.92 Å². The minimum absolute atomic E-state index is 0.00387. The van der Waals surface area contributed by atoms with Crippen molar-refractivity contribution in [2.75, 3.05) is 18.4 Å². The van der Waals surface area contributed by atoms with Crippen LogP contribution in [-0.4, -0.2) is 35.4 Å². The van der Waals surface area contributed by atoms with E-state index in [1.807, 2.05) is 0 Å². The van der Waals surface area contributed by atoms with Crippen LogP contribution in [0.15, 0.2) is 22.7 Å². The molecular weight excluding hydrogens is 391 g/mol. The van der Waals surface area contributed by atoms with Gasteiger partial charge >= 0.3 is 6.18 Å². The summed E-state index contributed by atoms with van der Waals surface area (Å²) in [5.41, 5.74) is 1.06. The molecule has 0 aliphatic carbocycles. The van der Waals surface area contributed by atoms with Crippen LogP contribution in [0.1, 0.15) is 15.9 Å². The normalized spacial score (nSPS) is 11.5. The lowest BCUT2D eigenvalue weighted by atomic mass is 10.1. The summed E-state index contributed by atoms with van der Waals surface area (Å²) in [4.78, 5) is 12.9. The van der Waals surface area contributed by atoms with Crippen molar-refractivity contribution in [1.29, 1.82) is 0 Å². The summed E-state index contributed by atoms with van der Waals surface area (Å²) in [5.74, 6) is -0.624. The second kappa shape index (κ2) is 6.74. The zero-order valence-electron chi connectivity index (χ0n) is 10.1. The van der Waals surface area contributed by atoms with E-state index in [1.165, 1.54) is 6.07 Å². The highest BCUT2D eigenvalue weighted by atomic mass is 79.9. The van der Waals surface area contributed by atoms with Crippen molar-refractivity contribution in [3.05, 3.63) is 33.8 Å². The van der Waals surface area contributed by atoms with Gasteiger partial charge in [0.25, 0.3) is 5.91 Å². The maximum absolute atomic E-state index is 12.4. The monoisotopic (exact) mass is 401 g/mol. The summed E-state index contributed by atoms with van der Waals surface area (Å²) >= 11 is 6.29. The second-order valence-corrected chi connectivity index (χ2v) is 5.76. The summed E-state index contributed by atoms with van der Waals surface area (Å²) in [7, 11) is 0. The third-order valence-electron chi connectivity index (χ3n) is 2.30. The van der Waals surface area contributed by atoms with Crippen LogP contribution in [0.5, 0.6) is 0 Å². The topological polar surface area (TPSA) is 20.3 Å². The fourth-order valence-electron chi connectivity index (χ4n) is 1.61. The summed E-state index contributed by atoms with van der Waals surface area (Å²) in [6, 6.07) is 4.88. The number of aryl methyl sites for hydroxylation is 1. The third kappa shape index (κ3) is 5.52. The summed E-state index contributed by atoms with van der Waals surface area (Å²) in [5, 5.41) is 0.293. The molecule has 1 aromatic rings. The number of hydrogen-bond donors (Lipinski definition) is 0. The molecule has 0 aliphatic heterocycles. The van der Waals surface area contributed by atoms with E-state index in [2.05, 4.69) is 31.9 Å². The average molecular weight is 403 g/mol. The molecule has 0 spiro atoms. The zero-order chi connectivity index (χ0) is 14.6. The predicted molar refractivity (Wildman–Crippen MR) is 74.6 cm³/mol. The Bertz CT molecular complexity index is 443. The number of amides is 1. The number of nitrogens with zero attached hydrogens (tertiary/aromatic N) is 1. The Morgan fingerprint density at radius 2 is 1.95 bits per heavy atom. The van der Waals surface area contributed by atoms with E-state index in [9.17, 15) is 18.0 Å². The number of hydrogen-bond acceptors (Lipinski definition) is 1. The molecule has 0 atom stereocenters. The Hall–Kier alpha value is -0.560. The molecule has 0 aliphatic rings. The third-order valence-corrected chi connectivity index (χ3v) is 3.11. The number of rotatable bonds is 4. The van der Waals surface area contributed by atoms with Gasteiger partial charge in [-0.05, 0) is 30.7 Å². The maximum Gasteiger partial charge on any atom is 0.406 e. The SMILES string of the molecule is Cc1cc(Br)cc(C(=O)N(CCBr)CC(F)(F)F)c1. The lowest BCUT2D eigenvalue weighted by molar-refractivity contribution is -0.140. The van der Waals surface area contributed by atoms with E-state index < -0.39 is 18.6 Å². The lowest BCUT2D eigenvalue weighted by Gasteiger charge is -2.23. The van der Waals surface area contributed by atoms with Gasteiger partial charge in [-0.15, -0.1) is 0 Å². The van der Waals surface area contributed by atoms with Crippen molar-refractivity contribution < 1.29 is 18.0 Å². The Labute approximate surface area is 126 Å². The van der Waals surface area contributed by atoms with Gasteiger partial charge in [-0.3, -0.25) is 4.79 Å². The van der Waals surface area contributed by atoms with Crippen LogP contribution in [0.25, 0.3) is 0 Å². The largest absolute Gasteiger partial charge is 0.406 e. The number of carbonyl (C=O) groups is 1. The van der Waals surface area contributed by atoms with Crippen LogP contribution in [0.2, 0.25) is 0 Å². The molecule has 0 heterocycles. The van der Waals surface area contributed by atoms with E-state index in [0.717, 1.165) is 10.5 Å². The standard InChI is InChI=1S/C12H12Br2F3NO/c1-8-4-9(6-10(14)5-8)11(19)18(3-2-13)7-12(15,16)17/h4-6H,2-3,7H2,1H3. The van der Waals surface area contributed by atoms with Crippen molar-refractivity contribution in [2.45, 2.75) is 13.1 Å². The predicted octanol–water partition coefficient (Wildman–Crippen LogP) is 4.16. The van der Waals surface area contributed by atoms with Crippen LogP contribution >= 0.6 is 31.9 Å². The second-order valence-electron chi connectivity index (χ2n) is 4.05. The summed E-state index contributed by atoms with van der Waals surface area (Å²) in [6.07, 6.45) is -4.40. The van der Waals surface area contributed by atoms with Crippen molar-refractivity contribution in [3.8, 4) is 0 Å². The first-order valence-corrected chi connectivity index (χ1v) is 7.33. The maximum atomic E-state index is 12.4. The summed E-state index contributed by atoms with van der Waals surface area (Å²) < 4.78 is 38.0. The highest BCUT2D eigenvalue weighted by Crippen LogP contribution is 2.20. The quantitative estimate of drug-likeness (QED) is 0.692. The van der Waals surface area contributed by atoms with Gasteiger partial charge in [0.15, 0.2) is 0 Å². The van der Waals surface area contributed by atoms with Gasteiger partial charge in [-0.1, -0.05) is 31.9 Å². The van der Waals surface area contributed by atoms with Gasteiger partial charge in [-0.25, -0.2) is 0 Å². The molecule has 19 heavy (non-hydrogen) atoms. The smallest absolute Gasteiger partial charge is 0.329 e. The first-order chi connectivity index (χ1) is 8.73. The zero-order valence-corrected chi connectivity index (χ0v) is 13.3. The van der Waals surface area contributed by atoms with Crippen molar-refractivity contribution in [3.63, 3.8) is 0 Å². The molecule has 0 saturated carbocycles. The van der Waals surface area contributed by atoms with Gasteiger partial charge < -0.3 is 4.90 Å². The van der Waals surface area contributed by atoms with Crippen molar-refractivity contribution in [2.24, 2.45) is 0 Å². The lowest BCUT2D eigenvalue weighted by Crippen LogP contribution is -2.40. The molecule has 7 heteroatoms. The Balaban J connectivity index is 2.98. The number of halogens is 5. The van der Waals surface area contributed by atoms with E-state index in [0.29, 0.717) is 9.80 Å². The Kier molecular flexibility index (Phi) is 5.85. The fourth-order valence-corrected chi connectivity index (χ4v) is 2.65. The molecule has 0 fully saturated rings. The highest BCUT2D eigenvalue weighted by Gasteiger charge is 2.33. The molecule has 0 bridgehead atoms. The molecule has 0 aromatic heterocycles. The number of alkyl halides is 4. The van der Waals surface area contributed by atoms with Gasteiger partial charge in [0.2, 0.25) is 0 Å². The van der Waals surface area contributed by atoms with E-state index in [-0.39, 0.29) is 12.1 Å². The molecule has 0 N–H and O–H groups in total. The van der Waals surface area contributed by atoms with Crippen molar-refractivity contribution >= 4 is 37.8 Å². The van der Waals surface area contributed by atoms with E-state index in [4.69, 9.17) is 0 Å². The Morgan fingerprint density at radius 1 is 1.32 bits per heavy atom. The van der Waals surface area contributed by atoms with Crippen LogP contribution in [-0.2, 0) is 0 Å². The van der Waals surface area contributed by atoms with Gasteiger partial charge in [0.05, 0.1) is 0 Å². The molecule has 1 aromatic carbocycles. The minimum Gasteiger partial charge on any atom is -0.329 e. The van der Waals surface area contributed by atoms with Crippen LogP contribution in [0.4, 0.5) is 13.2 Å². The van der Waals surface area contributed by atoms with Gasteiger partial charge in [0, 0.05) is 21.9 Å². The van der Waals surface area contributed by atoms with Crippen molar-refractivity contribution in [1.82, 2.24) is 4.90 Å². The van der Waals surface area contributed by atoms with Gasteiger partial charge in [0.1, 0.15) is 6.54 Å². The van der Waals surface area contributed by atoms with Crippen LogP contribution in [0.3, 0.4) is 0 Å². The first-order valence-electron chi connectivity index (χ1n) is 5.42. The molecule has 0 radical (unpaired) electrons. The number of benzene rings is 1. The van der Waals surface area contributed by atoms with Gasteiger partial charge in [-0.2, -0.15) is 13.2 Å².